The van der Waals surface area contributed by atoms with Crippen molar-refractivity contribution in [3.8, 4) is 11.5 Å². The summed E-state index contributed by atoms with van der Waals surface area (Å²) in [5, 5.41) is 16.1. The van der Waals surface area contributed by atoms with Crippen LogP contribution in [0.1, 0.15) is 30.5 Å². The predicted octanol–water partition coefficient (Wildman–Crippen LogP) is 4.06. The molecule has 1 N–H and O–H groups in total. The molecular formula is C21H16BrF3N6O4. The Morgan fingerprint density at radius 3 is 2.69 bits per heavy atom. The highest BCUT2D eigenvalue weighted by molar-refractivity contribution is 9.10. The van der Waals surface area contributed by atoms with E-state index in [1.165, 1.54) is 38.4 Å². The number of alkyl halides is 2. The molecule has 182 valence electrons. The third kappa shape index (κ3) is 4.17. The number of nitrogens with zero attached hydrogens (tertiary/aromatic N) is 6. The molecule has 0 bridgehead atoms. The molecule has 1 amide bonds. The molecule has 35 heavy (non-hydrogen) atoms. The van der Waals surface area contributed by atoms with Crippen molar-refractivity contribution in [2.24, 2.45) is 0 Å². The molecule has 1 aliphatic rings. The van der Waals surface area contributed by atoms with E-state index in [-0.39, 0.29) is 30.0 Å². The number of carbonyl (C=O) groups is 1. The Hall–Kier alpha value is -3.68. The van der Waals surface area contributed by atoms with Crippen LogP contribution in [0.2, 0.25) is 0 Å². The van der Waals surface area contributed by atoms with Gasteiger partial charge in [0.2, 0.25) is 5.89 Å². The van der Waals surface area contributed by atoms with Crippen molar-refractivity contribution in [1.82, 2.24) is 29.2 Å². The lowest BCUT2D eigenvalue weighted by atomic mass is 10.2. The second kappa shape index (κ2) is 8.83. The zero-order valence-corrected chi connectivity index (χ0v) is 19.3. The fourth-order valence-corrected chi connectivity index (χ4v) is 4.48. The predicted molar refractivity (Wildman–Crippen MR) is 119 cm³/mol. The van der Waals surface area contributed by atoms with Crippen LogP contribution in [0, 0.1) is 5.82 Å². The first-order valence-corrected chi connectivity index (χ1v) is 11.2. The topological polar surface area (TPSA) is 119 Å². The number of pyridine rings is 1. The molecule has 10 nitrogen and oxygen atoms in total. The lowest BCUT2D eigenvalue weighted by Gasteiger charge is -2.13. The Bertz CT molecular complexity index is 1480. The molecule has 1 unspecified atom stereocenters. The van der Waals surface area contributed by atoms with Crippen LogP contribution in [0.25, 0.3) is 22.5 Å². The van der Waals surface area contributed by atoms with Gasteiger partial charge >= 0.3 is 18.2 Å². The largest absolute Gasteiger partial charge is 0.465 e. The maximum atomic E-state index is 14.4. The number of halogens is 4. The quantitative estimate of drug-likeness (QED) is 0.396. The van der Waals surface area contributed by atoms with E-state index < -0.39 is 36.0 Å². The maximum Gasteiger partial charge on any atom is 0.407 e. The first kappa shape index (κ1) is 23.1. The van der Waals surface area contributed by atoms with E-state index in [9.17, 15) is 27.9 Å². The summed E-state index contributed by atoms with van der Waals surface area (Å²) in [4.78, 5) is 30.3. The van der Waals surface area contributed by atoms with Crippen LogP contribution in [0.15, 0.2) is 44.1 Å². The minimum absolute atomic E-state index is 0.00876. The summed E-state index contributed by atoms with van der Waals surface area (Å²) >= 11 is 3.15. The van der Waals surface area contributed by atoms with Crippen LogP contribution in [0.5, 0.6) is 0 Å². The van der Waals surface area contributed by atoms with Crippen molar-refractivity contribution in [2.75, 3.05) is 13.1 Å². The van der Waals surface area contributed by atoms with Crippen molar-refractivity contribution in [2.45, 2.75) is 25.4 Å². The van der Waals surface area contributed by atoms with Crippen molar-refractivity contribution in [3.63, 3.8) is 0 Å². The molecule has 14 heteroatoms. The molecular weight excluding hydrogens is 537 g/mol. The highest BCUT2D eigenvalue weighted by Crippen LogP contribution is 2.29. The van der Waals surface area contributed by atoms with E-state index in [1.54, 1.807) is 6.07 Å². The van der Waals surface area contributed by atoms with Gasteiger partial charge in [0.05, 0.1) is 39.4 Å². The van der Waals surface area contributed by atoms with Gasteiger partial charge in [-0.1, -0.05) is 0 Å². The standard InChI is InChI=1S/C21H16BrF3N6O4/c22-13-5-16-15(6-14(13)23)30(20(32)31(16)12-3-4-29(9-12)21(33)34)8-11-2-1-10(7-26-11)18-27-28-19(35-18)17(24)25/h1-2,5-7,12,17H,3-4,8-9H2,(H,33,34). The Balaban J connectivity index is 1.50. The average molecular weight is 553 g/mol. The number of imidazole rings is 1. The summed E-state index contributed by atoms with van der Waals surface area (Å²) in [6.45, 7) is 0.416. The van der Waals surface area contributed by atoms with Gasteiger partial charge in [-0.25, -0.2) is 14.0 Å². The van der Waals surface area contributed by atoms with Crippen LogP contribution in [-0.4, -0.2) is 53.5 Å². The molecule has 1 saturated heterocycles. The number of fused-ring (bicyclic) bond motifs is 1. The van der Waals surface area contributed by atoms with Gasteiger partial charge in [0, 0.05) is 25.4 Å². The Kier molecular flexibility index (Phi) is 5.83. The van der Waals surface area contributed by atoms with Gasteiger partial charge in [-0.3, -0.25) is 14.1 Å². The highest BCUT2D eigenvalue weighted by atomic mass is 79.9. The number of amides is 1. The fraction of sp³-hybridized carbons (Fsp3) is 0.286. The van der Waals surface area contributed by atoms with E-state index in [4.69, 9.17) is 4.42 Å². The van der Waals surface area contributed by atoms with Crippen LogP contribution >= 0.6 is 15.9 Å². The van der Waals surface area contributed by atoms with E-state index >= 15 is 0 Å². The molecule has 4 aromatic rings. The van der Waals surface area contributed by atoms with Gasteiger partial charge in [-0.15, -0.1) is 10.2 Å². The maximum absolute atomic E-state index is 14.4. The van der Waals surface area contributed by atoms with Crippen LogP contribution < -0.4 is 5.69 Å². The van der Waals surface area contributed by atoms with Crippen LogP contribution in [-0.2, 0) is 6.54 Å². The fourth-order valence-electron chi connectivity index (χ4n) is 4.15. The number of benzene rings is 1. The third-order valence-corrected chi connectivity index (χ3v) is 6.43. The van der Waals surface area contributed by atoms with E-state index in [1.807, 2.05) is 0 Å². The van der Waals surface area contributed by atoms with Gasteiger partial charge in [-0.2, -0.15) is 8.78 Å². The zero-order valence-electron chi connectivity index (χ0n) is 17.7. The SMILES string of the molecule is O=C(O)N1CCC(n2c(=O)n(Cc3ccc(-c4nnc(C(F)F)o4)cn3)c3cc(F)c(Br)cc32)C1. The lowest BCUT2D eigenvalue weighted by molar-refractivity contribution is 0.116. The first-order valence-electron chi connectivity index (χ1n) is 10.4. The number of hydrogen-bond donors (Lipinski definition) is 1. The molecule has 1 aliphatic heterocycles. The molecule has 1 fully saturated rings. The molecule has 1 aromatic carbocycles. The van der Waals surface area contributed by atoms with Crippen molar-refractivity contribution < 1.29 is 27.5 Å². The molecule has 5 rings (SSSR count). The minimum Gasteiger partial charge on any atom is -0.465 e. The second-order valence-corrected chi connectivity index (χ2v) is 8.80. The average Bonchev–Trinajstić information content (AvgIpc) is 3.55. The van der Waals surface area contributed by atoms with Gasteiger partial charge in [0.15, 0.2) is 0 Å². The highest BCUT2D eigenvalue weighted by Gasteiger charge is 2.31. The summed E-state index contributed by atoms with van der Waals surface area (Å²) < 4.78 is 47.7. The summed E-state index contributed by atoms with van der Waals surface area (Å²) in [6, 6.07) is 5.43. The normalized spacial score (nSPS) is 16.0. The minimum atomic E-state index is -2.89. The number of carboxylic acid groups (broad SMARTS) is 1. The number of hydrogen-bond acceptors (Lipinski definition) is 6. The molecule has 1 atom stereocenters. The van der Waals surface area contributed by atoms with Crippen LogP contribution in [0.4, 0.5) is 18.0 Å². The molecule has 4 heterocycles. The molecule has 0 radical (unpaired) electrons. The smallest absolute Gasteiger partial charge is 0.407 e. The number of aromatic nitrogens is 5. The lowest BCUT2D eigenvalue weighted by Crippen LogP contribution is -2.31. The molecule has 3 aromatic heterocycles. The van der Waals surface area contributed by atoms with Gasteiger partial charge in [-0.05, 0) is 40.5 Å². The van der Waals surface area contributed by atoms with Gasteiger partial charge < -0.3 is 14.4 Å². The van der Waals surface area contributed by atoms with Gasteiger partial charge in [0.25, 0.3) is 5.89 Å². The molecule has 0 aliphatic carbocycles. The van der Waals surface area contributed by atoms with E-state index in [0.29, 0.717) is 28.7 Å². The summed E-state index contributed by atoms with van der Waals surface area (Å²) in [6.07, 6.45) is -2.17. The Morgan fingerprint density at radius 2 is 2.06 bits per heavy atom. The zero-order chi connectivity index (χ0) is 24.9. The van der Waals surface area contributed by atoms with Gasteiger partial charge in [0.1, 0.15) is 5.82 Å². The number of rotatable bonds is 5. The second-order valence-electron chi connectivity index (χ2n) is 7.95. The number of likely N-dealkylation sites (tertiary alicyclic amines) is 1. The monoisotopic (exact) mass is 552 g/mol. The summed E-state index contributed by atoms with van der Waals surface area (Å²) in [5.41, 5.74) is 1.11. The van der Waals surface area contributed by atoms with Crippen molar-refractivity contribution in [1.29, 1.82) is 0 Å². The van der Waals surface area contributed by atoms with E-state index in [2.05, 4.69) is 31.1 Å². The van der Waals surface area contributed by atoms with E-state index in [0.717, 1.165) is 0 Å². The van der Waals surface area contributed by atoms with Crippen molar-refractivity contribution >= 4 is 33.1 Å². The van der Waals surface area contributed by atoms with Crippen LogP contribution in [0.3, 0.4) is 0 Å². The summed E-state index contributed by atoms with van der Waals surface area (Å²) in [7, 11) is 0. The first-order chi connectivity index (χ1) is 16.7. The molecule has 0 spiro atoms. The van der Waals surface area contributed by atoms with Crippen molar-refractivity contribution in [3.05, 3.63) is 62.8 Å². The third-order valence-electron chi connectivity index (χ3n) is 5.82. The Labute approximate surface area is 202 Å². The summed E-state index contributed by atoms with van der Waals surface area (Å²) in [5.74, 6) is -1.48. The molecule has 0 saturated carbocycles. The Morgan fingerprint density at radius 1 is 1.26 bits per heavy atom.